The quantitative estimate of drug-likeness (QED) is 0.642. The number of rotatable bonds is 2. The highest BCUT2D eigenvalue weighted by atomic mass is 19.1. The van der Waals surface area contributed by atoms with Crippen LogP contribution >= 0.6 is 0 Å². The van der Waals surface area contributed by atoms with Crippen LogP contribution in [0.3, 0.4) is 0 Å². The number of halogens is 1. The van der Waals surface area contributed by atoms with Gasteiger partial charge in [0.05, 0.1) is 5.69 Å². The third-order valence-electron chi connectivity index (χ3n) is 3.83. The summed E-state index contributed by atoms with van der Waals surface area (Å²) in [6, 6.07) is 4.37. The predicted molar refractivity (Wildman–Crippen MR) is 70.8 cm³/mol. The molecule has 2 nitrogen and oxygen atoms in total. The summed E-state index contributed by atoms with van der Waals surface area (Å²) >= 11 is 0. The van der Waals surface area contributed by atoms with Gasteiger partial charge in [0.2, 0.25) is 0 Å². The molecule has 0 aliphatic heterocycles. The number of carbonyl (C=O) groups is 1. The normalized spacial score (nSPS) is 28.1. The number of carbonyl (C=O) groups excluding carboxylic acids is 1. The summed E-state index contributed by atoms with van der Waals surface area (Å²) in [5, 5.41) is 0. The molecule has 0 bridgehead atoms. The molecule has 0 heterocycles. The van der Waals surface area contributed by atoms with E-state index in [1.54, 1.807) is 6.07 Å². The van der Waals surface area contributed by atoms with E-state index in [1.807, 2.05) is 0 Å². The lowest BCUT2D eigenvalue weighted by Crippen LogP contribution is -2.26. The largest absolute Gasteiger partial charge is 0.396 e. The molecule has 0 spiro atoms. The van der Waals surface area contributed by atoms with E-state index < -0.39 is 5.82 Å². The second kappa shape index (κ2) is 5.09. The van der Waals surface area contributed by atoms with Gasteiger partial charge < -0.3 is 5.73 Å². The van der Waals surface area contributed by atoms with Gasteiger partial charge >= 0.3 is 0 Å². The van der Waals surface area contributed by atoms with Gasteiger partial charge in [-0.25, -0.2) is 4.39 Å². The van der Waals surface area contributed by atoms with Gasteiger partial charge in [0.1, 0.15) is 5.82 Å². The molecule has 18 heavy (non-hydrogen) atoms. The van der Waals surface area contributed by atoms with Crippen molar-refractivity contribution < 1.29 is 9.18 Å². The van der Waals surface area contributed by atoms with Gasteiger partial charge in [0, 0.05) is 11.5 Å². The lowest BCUT2D eigenvalue weighted by Gasteiger charge is -2.30. The highest BCUT2D eigenvalue weighted by Gasteiger charge is 2.29. The Hall–Kier alpha value is -1.38. The summed E-state index contributed by atoms with van der Waals surface area (Å²) < 4.78 is 13.4. The zero-order valence-electron chi connectivity index (χ0n) is 10.9. The van der Waals surface area contributed by atoms with Gasteiger partial charge in [-0.2, -0.15) is 0 Å². The third kappa shape index (κ3) is 2.71. The predicted octanol–water partition coefficient (Wildman–Crippen LogP) is 3.66. The van der Waals surface area contributed by atoms with Gasteiger partial charge in [-0.15, -0.1) is 0 Å². The highest BCUT2D eigenvalue weighted by Crippen LogP contribution is 2.34. The minimum absolute atomic E-state index is 0.0341. The summed E-state index contributed by atoms with van der Waals surface area (Å²) in [6.45, 7) is 4.36. The van der Waals surface area contributed by atoms with E-state index in [2.05, 4.69) is 13.8 Å². The maximum absolute atomic E-state index is 13.4. The Morgan fingerprint density at radius 1 is 1.22 bits per heavy atom. The number of hydrogen-bond acceptors (Lipinski definition) is 2. The molecule has 1 aromatic carbocycles. The van der Waals surface area contributed by atoms with Crippen LogP contribution in [0.15, 0.2) is 18.2 Å². The summed E-state index contributed by atoms with van der Waals surface area (Å²) in [6.07, 6.45) is 3.00. The van der Waals surface area contributed by atoms with E-state index in [0.29, 0.717) is 17.4 Å². The smallest absolute Gasteiger partial charge is 0.166 e. The van der Waals surface area contributed by atoms with Crippen LogP contribution in [0.5, 0.6) is 0 Å². The SMILES string of the molecule is CC1CC(C)CC(C(=O)c2ccc(N)c(F)c2)C1. The minimum Gasteiger partial charge on any atom is -0.396 e. The molecule has 0 amide bonds. The minimum atomic E-state index is -0.502. The Balaban J connectivity index is 2.17. The number of hydrogen-bond donors (Lipinski definition) is 1. The monoisotopic (exact) mass is 249 g/mol. The Bertz CT molecular complexity index is 448. The van der Waals surface area contributed by atoms with E-state index in [1.165, 1.54) is 18.6 Å². The first-order chi connectivity index (χ1) is 8.47. The van der Waals surface area contributed by atoms with E-state index in [-0.39, 0.29) is 17.4 Å². The first-order valence-electron chi connectivity index (χ1n) is 6.56. The first kappa shape index (κ1) is 13.1. The molecule has 2 N–H and O–H groups in total. The molecule has 0 radical (unpaired) electrons. The molecule has 0 saturated heterocycles. The average Bonchev–Trinajstić information content (AvgIpc) is 2.30. The lowest BCUT2D eigenvalue weighted by atomic mass is 9.74. The molecular weight excluding hydrogens is 229 g/mol. The van der Waals surface area contributed by atoms with Crippen molar-refractivity contribution in [2.75, 3.05) is 5.73 Å². The van der Waals surface area contributed by atoms with Crippen molar-refractivity contribution in [2.24, 2.45) is 17.8 Å². The van der Waals surface area contributed by atoms with Crippen LogP contribution < -0.4 is 5.73 Å². The van der Waals surface area contributed by atoms with Gasteiger partial charge in [-0.1, -0.05) is 13.8 Å². The summed E-state index contributed by atoms with van der Waals surface area (Å²) in [5.41, 5.74) is 5.97. The standard InChI is InChI=1S/C15H20FNO/c1-9-5-10(2)7-12(6-9)15(18)11-3-4-14(17)13(16)8-11/h3-4,8-10,12H,5-7,17H2,1-2H3. The van der Waals surface area contributed by atoms with E-state index >= 15 is 0 Å². The molecule has 1 aliphatic rings. The fraction of sp³-hybridized carbons (Fsp3) is 0.533. The van der Waals surface area contributed by atoms with Crippen molar-refractivity contribution in [1.29, 1.82) is 0 Å². The molecule has 98 valence electrons. The Morgan fingerprint density at radius 3 is 2.39 bits per heavy atom. The maximum Gasteiger partial charge on any atom is 0.166 e. The van der Waals surface area contributed by atoms with E-state index in [4.69, 9.17) is 5.73 Å². The fourth-order valence-electron chi connectivity index (χ4n) is 3.08. The topological polar surface area (TPSA) is 43.1 Å². The molecule has 1 fully saturated rings. The van der Waals surface area contributed by atoms with Crippen LogP contribution in [0.4, 0.5) is 10.1 Å². The van der Waals surface area contributed by atoms with Crippen LogP contribution in [-0.4, -0.2) is 5.78 Å². The van der Waals surface area contributed by atoms with Crippen molar-refractivity contribution in [3.63, 3.8) is 0 Å². The number of benzene rings is 1. The molecular formula is C15H20FNO. The molecule has 1 aromatic rings. The van der Waals surface area contributed by atoms with Gasteiger partial charge in [-0.05, 0) is 49.3 Å². The second-order valence-corrected chi connectivity index (χ2v) is 5.71. The molecule has 2 rings (SSSR count). The molecule has 0 aromatic heterocycles. The maximum atomic E-state index is 13.4. The molecule has 1 aliphatic carbocycles. The second-order valence-electron chi connectivity index (χ2n) is 5.71. The number of ketones is 1. The molecule has 3 heteroatoms. The van der Waals surface area contributed by atoms with Crippen molar-refractivity contribution in [1.82, 2.24) is 0 Å². The first-order valence-corrected chi connectivity index (χ1v) is 6.56. The highest BCUT2D eigenvalue weighted by molar-refractivity contribution is 5.98. The van der Waals surface area contributed by atoms with Crippen molar-refractivity contribution in [3.05, 3.63) is 29.6 Å². The zero-order valence-corrected chi connectivity index (χ0v) is 10.9. The Kier molecular flexibility index (Phi) is 3.69. The summed E-state index contributed by atoms with van der Waals surface area (Å²) in [7, 11) is 0. The lowest BCUT2D eigenvalue weighted by molar-refractivity contribution is 0.0835. The fourth-order valence-corrected chi connectivity index (χ4v) is 3.08. The number of Topliss-reactive ketones (excluding diaryl/α,β-unsaturated/α-hetero) is 1. The van der Waals surface area contributed by atoms with Crippen LogP contribution in [-0.2, 0) is 0 Å². The molecule has 2 atom stereocenters. The van der Waals surface area contributed by atoms with Crippen molar-refractivity contribution in [3.8, 4) is 0 Å². The average molecular weight is 249 g/mol. The molecule has 1 saturated carbocycles. The van der Waals surface area contributed by atoms with Crippen molar-refractivity contribution in [2.45, 2.75) is 33.1 Å². The van der Waals surface area contributed by atoms with E-state index in [9.17, 15) is 9.18 Å². The summed E-state index contributed by atoms with van der Waals surface area (Å²) in [4.78, 5) is 12.3. The third-order valence-corrected chi connectivity index (χ3v) is 3.83. The number of anilines is 1. The van der Waals surface area contributed by atoms with Crippen LogP contribution in [0, 0.1) is 23.6 Å². The zero-order chi connectivity index (χ0) is 13.3. The van der Waals surface area contributed by atoms with Gasteiger partial charge in [0.25, 0.3) is 0 Å². The van der Waals surface area contributed by atoms with E-state index in [0.717, 1.165) is 12.8 Å². The number of nitrogens with two attached hydrogens (primary N) is 1. The van der Waals surface area contributed by atoms with Crippen molar-refractivity contribution >= 4 is 11.5 Å². The Labute approximate surface area is 107 Å². The van der Waals surface area contributed by atoms with Crippen LogP contribution in [0.25, 0.3) is 0 Å². The van der Waals surface area contributed by atoms with Crippen LogP contribution in [0.1, 0.15) is 43.5 Å². The Morgan fingerprint density at radius 2 is 1.83 bits per heavy atom. The van der Waals surface area contributed by atoms with Gasteiger partial charge in [-0.3, -0.25) is 4.79 Å². The molecule has 2 unspecified atom stereocenters. The summed E-state index contributed by atoms with van der Waals surface area (Å²) in [5.74, 6) is 0.736. The van der Waals surface area contributed by atoms with Gasteiger partial charge in [0.15, 0.2) is 5.78 Å². The van der Waals surface area contributed by atoms with Crippen LogP contribution in [0.2, 0.25) is 0 Å². The number of nitrogen functional groups attached to an aromatic ring is 1.